The van der Waals surface area contributed by atoms with E-state index in [2.05, 4.69) is 11.3 Å². The van der Waals surface area contributed by atoms with Gasteiger partial charge in [-0.15, -0.1) is 12.4 Å². The van der Waals surface area contributed by atoms with Gasteiger partial charge in [0.15, 0.2) is 0 Å². The van der Waals surface area contributed by atoms with Crippen molar-refractivity contribution in [2.45, 2.75) is 6.92 Å². The normalized spacial score (nSPS) is 8.25. The van der Waals surface area contributed by atoms with E-state index in [0.717, 1.165) is 5.56 Å². The average Bonchev–Trinajstić information content (AvgIpc) is 1.87. The number of aromatic nitrogens is 2. The smallest absolute Gasteiger partial charge is 0.00867 e. The zero-order chi connectivity index (χ0) is 5.28. The monoisotopic (exact) mass is 184 g/mol. The van der Waals surface area contributed by atoms with Crippen molar-refractivity contribution in [3.05, 3.63) is 18.0 Å². The number of nitrogens with zero attached hydrogens (tertiary/aromatic N) is 2. The van der Waals surface area contributed by atoms with Crippen molar-refractivity contribution in [1.82, 2.24) is 9.78 Å². The third-order valence-electron chi connectivity index (χ3n) is 0.765. The molecule has 0 bridgehead atoms. The molecule has 0 spiro atoms. The largest absolute Gasteiger partial charge is 0.372 e. The molecule has 1 aromatic heterocycles. The Morgan fingerprint density at radius 1 is 1.75 bits per heavy atom. The predicted octanol–water partition coefficient (Wildman–Crippen LogP) is 0.526. The summed E-state index contributed by atoms with van der Waals surface area (Å²) >= 11 is 0. The second kappa shape index (κ2) is 3.36. The molecule has 0 saturated heterocycles. The number of hydrogen-bond donors (Lipinski definition) is 0. The van der Waals surface area contributed by atoms with Gasteiger partial charge in [0.1, 0.15) is 0 Å². The fourth-order valence-electron chi connectivity index (χ4n) is 0.496. The Bertz CT molecular complexity index is 143. The molecule has 0 aromatic carbocycles. The summed E-state index contributed by atoms with van der Waals surface area (Å²) in [6.07, 6.45) is 4.70. The summed E-state index contributed by atoms with van der Waals surface area (Å²) in [5, 5.41) is 3.81. The minimum Gasteiger partial charge on any atom is -0.372 e. The van der Waals surface area contributed by atoms with E-state index in [1.807, 2.05) is 20.2 Å². The second-order valence-electron chi connectivity index (χ2n) is 1.60. The van der Waals surface area contributed by atoms with Crippen LogP contribution in [-0.4, -0.2) is 9.78 Å². The zero-order valence-electron chi connectivity index (χ0n) is 5.05. The fourth-order valence-corrected chi connectivity index (χ4v) is 0.496. The molecule has 1 rings (SSSR count). The molecular formula is C5H7N2Y-. The van der Waals surface area contributed by atoms with Gasteiger partial charge in [-0.2, -0.15) is 5.56 Å². The quantitative estimate of drug-likeness (QED) is 0.537. The van der Waals surface area contributed by atoms with Crippen molar-refractivity contribution in [2.24, 2.45) is 7.05 Å². The molecule has 8 heavy (non-hydrogen) atoms. The Morgan fingerprint density at radius 3 is 2.50 bits per heavy atom. The van der Waals surface area contributed by atoms with E-state index >= 15 is 0 Å². The first-order chi connectivity index (χ1) is 3.29. The maximum absolute atomic E-state index is 3.81. The van der Waals surface area contributed by atoms with Crippen LogP contribution in [0.4, 0.5) is 0 Å². The predicted molar refractivity (Wildman–Crippen MR) is 26.8 cm³/mol. The van der Waals surface area contributed by atoms with Crippen LogP contribution in [0.1, 0.15) is 5.56 Å². The van der Waals surface area contributed by atoms with Crippen LogP contribution in [0.5, 0.6) is 0 Å². The van der Waals surface area contributed by atoms with Crippen molar-refractivity contribution in [1.29, 1.82) is 0 Å². The van der Waals surface area contributed by atoms with Crippen LogP contribution in [-0.2, 0) is 39.8 Å². The van der Waals surface area contributed by atoms with Gasteiger partial charge in [-0.3, -0.25) is 0 Å². The van der Waals surface area contributed by atoms with Gasteiger partial charge in [-0.25, -0.2) is 0 Å². The molecule has 1 aromatic rings. The zero-order valence-corrected chi connectivity index (χ0v) is 7.89. The number of rotatable bonds is 0. The first kappa shape index (κ1) is 8.31. The summed E-state index contributed by atoms with van der Waals surface area (Å²) in [6, 6.07) is 0. The molecule has 3 heteroatoms. The van der Waals surface area contributed by atoms with E-state index < -0.39 is 0 Å². The molecule has 0 atom stereocenters. The molecule has 2 nitrogen and oxygen atoms in total. The third kappa shape index (κ3) is 2.06. The summed E-state index contributed by atoms with van der Waals surface area (Å²) in [4.78, 5) is 0. The van der Waals surface area contributed by atoms with E-state index in [0.29, 0.717) is 0 Å². The maximum atomic E-state index is 3.81. The van der Waals surface area contributed by atoms with Crippen LogP contribution in [0.3, 0.4) is 0 Å². The standard InChI is InChI=1S/C5H7N2.Y/c1-5-3-6-7(2)4-5;/h4H,1-2H3;/q-1;. The SMILES string of the molecule is Cc1[c-]nn(C)c1.[Y]. The Hall–Kier alpha value is 0.314. The van der Waals surface area contributed by atoms with E-state index in [9.17, 15) is 0 Å². The molecule has 1 radical (unpaired) electrons. The second-order valence-corrected chi connectivity index (χ2v) is 1.60. The Kier molecular flexibility index (Phi) is 3.49. The fraction of sp³-hybridized carbons (Fsp3) is 0.400. The minimum atomic E-state index is 0. The van der Waals surface area contributed by atoms with Gasteiger partial charge in [0.2, 0.25) is 0 Å². The molecule has 0 aliphatic rings. The summed E-state index contributed by atoms with van der Waals surface area (Å²) in [5.74, 6) is 0. The van der Waals surface area contributed by atoms with Gasteiger partial charge in [0.25, 0.3) is 0 Å². The Balaban J connectivity index is 0.000000490. The maximum Gasteiger partial charge on any atom is 0.00867 e. The topological polar surface area (TPSA) is 17.8 Å². The molecule has 1 heterocycles. The number of aryl methyl sites for hydroxylation is 2. The average molecular weight is 184 g/mol. The Morgan fingerprint density at radius 2 is 2.38 bits per heavy atom. The van der Waals surface area contributed by atoms with Crippen LogP contribution in [0.15, 0.2) is 6.20 Å². The summed E-state index contributed by atoms with van der Waals surface area (Å²) in [6.45, 7) is 1.97. The van der Waals surface area contributed by atoms with Crippen LogP contribution in [0, 0.1) is 13.1 Å². The molecule has 0 amide bonds. The van der Waals surface area contributed by atoms with Gasteiger partial charge in [0.05, 0.1) is 0 Å². The van der Waals surface area contributed by atoms with E-state index in [1.54, 1.807) is 4.68 Å². The molecular weight excluding hydrogens is 177 g/mol. The van der Waals surface area contributed by atoms with Gasteiger partial charge < -0.3 is 9.78 Å². The van der Waals surface area contributed by atoms with Crippen LogP contribution in [0.25, 0.3) is 0 Å². The van der Waals surface area contributed by atoms with Crippen LogP contribution >= 0.6 is 0 Å². The van der Waals surface area contributed by atoms with Crippen molar-refractivity contribution < 1.29 is 32.7 Å². The van der Waals surface area contributed by atoms with Crippen molar-refractivity contribution in [2.75, 3.05) is 0 Å². The summed E-state index contributed by atoms with van der Waals surface area (Å²) in [7, 11) is 1.88. The van der Waals surface area contributed by atoms with E-state index in [1.165, 1.54) is 0 Å². The molecule has 0 unspecified atom stereocenters. The number of hydrogen-bond acceptors (Lipinski definition) is 1. The summed E-state index contributed by atoms with van der Waals surface area (Å²) < 4.78 is 1.73. The first-order valence-corrected chi connectivity index (χ1v) is 2.17. The van der Waals surface area contributed by atoms with Gasteiger partial charge in [-0.1, -0.05) is 6.92 Å². The van der Waals surface area contributed by atoms with Crippen LogP contribution < -0.4 is 0 Å². The molecule has 0 aliphatic carbocycles. The van der Waals surface area contributed by atoms with E-state index in [-0.39, 0.29) is 32.7 Å². The first-order valence-electron chi connectivity index (χ1n) is 2.17. The summed E-state index contributed by atoms with van der Waals surface area (Å²) in [5.41, 5.74) is 1.09. The molecule has 0 saturated carbocycles. The van der Waals surface area contributed by atoms with E-state index in [4.69, 9.17) is 0 Å². The Labute approximate surface area is 74.2 Å². The van der Waals surface area contributed by atoms with Gasteiger partial charge >= 0.3 is 0 Å². The molecule has 41 valence electrons. The molecule has 0 fully saturated rings. The van der Waals surface area contributed by atoms with Crippen molar-refractivity contribution >= 4 is 0 Å². The molecule has 0 N–H and O–H groups in total. The van der Waals surface area contributed by atoms with Crippen LogP contribution in [0.2, 0.25) is 0 Å². The minimum absolute atomic E-state index is 0. The van der Waals surface area contributed by atoms with Crippen molar-refractivity contribution in [3.8, 4) is 0 Å². The molecule has 0 aliphatic heterocycles. The van der Waals surface area contributed by atoms with Gasteiger partial charge in [-0.05, 0) is 0 Å². The van der Waals surface area contributed by atoms with Gasteiger partial charge in [0, 0.05) is 39.8 Å². The third-order valence-corrected chi connectivity index (χ3v) is 0.765. The van der Waals surface area contributed by atoms with Crippen molar-refractivity contribution in [3.63, 3.8) is 0 Å².